The second-order valence-corrected chi connectivity index (χ2v) is 5.41. The summed E-state index contributed by atoms with van der Waals surface area (Å²) < 4.78 is 16.4. The number of hydrogen-bond donors (Lipinski definition) is 1. The number of rotatable bonds is 6. The van der Waals surface area contributed by atoms with Crippen LogP contribution < -0.4 is 5.32 Å². The van der Waals surface area contributed by atoms with Crippen molar-refractivity contribution in [1.29, 1.82) is 0 Å². The second-order valence-electron chi connectivity index (χ2n) is 5.41. The Morgan fingerprint density at radius 1 is 1.25 bits per heavy atom. The molecule has 0 unspecified atom stereocenters. The minimum absolute atomic E-state index is 0.188. The summed E-state index contributed by atoms with van der Waals surface area (Å²) >= 11 is 0. The van der Waals surface area contributed by atoms with Crippen molar-refractivity contribution in [2.24, 2.45) is 0 Å². The van der Waals surface area contributed by atoms with Gasteiger partial charge in [-0.15, -0.1) is 5.10 Å². The third kappa shape index (κ3) is 4.25. The first-order valence-corrected chi connectivity index (χ1v) is 7.52. The Bertz CT molecular complexity index is 840. The summed E-state index contributed by atoms with van der Waals surface area (Å²) in [5.74, 6) is -0.255. The molecule has 0 fully saturated rings. The molecule has 124 valence electrons. The highest BCUT2D eigenvalue weighted by Gasteiger charge is 2.08. The van der Waals surface area contributed by atoms with Gasteiger partial charge in [-0.3, -0.25) is 14.8 Å². The standard InChI is InChI=1S/C16H17FN6O/c1-12-5-7-22(20-12)8-6-15(24)19-16-18-11-23(21-16)10-13-3-2-4-14(17)9-13/h2-5,7,9,11H,6,8,10H2,1H3,(H,19,21,24). The van der Waals surface area contributed by atoms with E-state index in [-0.39, 0.29) is 24.1 Å². The fourth-order valence-electron chi connectivity index (χ4n) is 2.24. The molecule has 0 saturated carbocycles. The van der Waals surface area contributed by atoms with Gasteiger partial charge in [0.25, 0.3) is 0 Å². The van der Waals surface area contributed by atoms with Crippen LogP contribution in [0.25, 0.3) is 0 Å². The Balaban J connectivity index is 1.52. The van der Waals surface area contributed by atoms with Crippen molar-refractivity contribution in [3.05, 3.63) is 59.9 Å². The quantitative estimate of drug-likeness (QED) is 0.751. The third-order valence-corrected chi connectivity index (χ3v) is 3.36. The Morgan fingerprint density at radius 2 is 2.12 bits per heavy atom. The second kappa shape index (κ2) is 7.03. The lowest BCUT2D eigenvalue weighted by Gasteiger charge is -2.02. The van der Waals surface area contributed by atoms with Crippen LogP contribution in [-0.2, 0) is 17.9 Å². The van der Waals surface area contributed by atoms with Gasteiger partial charge in [-0.05, 0) is 30.7 Å². The van der Waals surface area contributed by atoms with Gasteiger partial charge in [-0.2, -0.15) is 5.10 Å². The summed E-state index contributed by atoms with van der Waals surface area (Å²) in [6.45, 7) is 2.77. The lowest BCUT2D eigenvalue weighted by Crippen LogP contribution is -2.16. The van der Waals surface area contributed by atoms with Crippen LogP contribution in [0.3, 0.4) is 0 Å². The van der Waals surface area contributed by atoms with Crippen molar-refractivity contribution >= 4 is 11.9 Å². The fraction of sp³-hybridized carbons (Fsp3) is 0.250. The molecule has 0 atom stereocenters. The van der Waals surface area contributed by atoms with Crippen molar-refractivity contribution in [2.45, 2.75) is 26.4 Å². The molecule has 0 aliphatic heterocycles. The normalized spacial score (nSPS) is 10.8. The van der Waals surface area contributed by atoms with Crippen molar-refractivity contribution in [3.63, 3.8) is 0 Å². The first-order chi connectivity index (χ1) is 11.6. The van der Waals surface area contributed by atoms with Crippen molar-refractivity contribution in [3.8, 4) is 0 Å². The van der Waals surface area contributed by atoms with Gasteiger partial charge < -0.3 is 0 Å². The van der Waals surface area contributed by atoms with Crippen LogP contribution in [0.15, 0.2) is 42.9 Å². The monoisotopic (exact) mass is 328 g/mol. The number of nitrogens with zero attached hydrogens (tertiary/aromatic N) is 5. The zero-order chi connectivity index (χ0) is 16.9. The minimum Gasteiger partial charge on any atom is -0.293 e. The number of aryl methyl sites for hydroxylation is 2. The lowest BCUT2D eigenvalue weighted by molar-refractivity contribution is -0.116. The summed E-state index contributed by atoms with van der Waals surface area (Å²) in [6.07, 6.45) is 3.60. The van der Waals surface area contributed by atoms with Gasteiger partial charge in [0.05, 0.1) is 12.2 Å². The molecule has 3 rings (SSSR count). The van der Waals surface area contributed by atoms with E-state index in [0.29, 0.717) is 13.1 Å². The van der Waals surface area contributed by atoms with Gasteiger partial charge in [-0.1, -0.05) is 12.1 Å². The average Bonchev–Trinajstić information content (AvgIpc) is 3.14. The summed E-state index contributed by atoms with van der Waals surface area (Å²) in [5, 5.41) is 11.0. The van der Waals surface area contributed by atoms with Gasteiger partial charge >= 0.3 is 0 Å². The molecule has 8 heteroatoms. The van der Waals surface area contributed by atoms with Gasteiger partial charge in [0.1, 0.15) is 12.1 Å². The molecular formula is C16H17FN6O. The number of carbonyl (C=O) groups excluding carboxylic acids is 1. The number of anilines is 1. The van der Waals surface area contributed by atoms with Crippen LogP contribution >= 0.6 is 0 Å². The van der Waals surface area contributed by atoms with Crippen LogP contribution in [0.5, 0.6) is 0 Å². The van der Waals surface area contributed by atoms with Crippen LogP contribution in [0, 0.1) is 12.7 Å². The van der Waals surface area contributed by atoms with Crippen LogP contribution in [0.1, 0.15) is 17.7 Å². The number of benzene rings is 1. The molecule has 0 aliphatic carbocycles. The largest absolute Gasteiger partial charge is 0.293 e. The van der Waals surface area contributed by atoms with E-state index in [1.54, 1.807) is 21.5 Å². The highest BCUT2D eigenvalue weighted by atomic mass is 19.1. The smallest absolute Gasteiger partial charge is 0.248 e. The molecule has 0 saturated heterocycles. The van der Waals surface area contributed by atoms with E-state index in [1.165, 1.54) is 18.5 Å². The maximum absolute atomic E-state index is 13.2. The Morgan fingerprint density at radius 3 is 2.88 bits per heavy atom. The van der Waals surface area contributed by atoms with E-state index in [0.717, 1.165) is 11.3 Å². The first-order valence-electron chi connectivity index (χ1n) is 7.52. The van der Waals surface area contributed by atoms with Crippen molar-refractivity contribution in [2.75, 3.05) is 5.32 Å². The number of aromatic nitrogens is 5. The number of amides is 1. The molecule has 1 aromatic carbocycles. The maximum Gasteiger partial charge on any atom is 0.248 e. The molecule has 0 radical (unpaired) electrons. The molecule has 0 bridgehead atoms. The van der Waals surface area contributed by atoms with E-state index < -0.39 is 0 Å². The summed E-state index contributed by atoms with van der Waals surface area (Å²) in [4.78, 5) is 16.0. The van der Waals surface area contributed by atoms with Crippen LogP contribution in [0.2, 0.25) is 0 Å². The molecule has 1 N–H and O–H groups in total. The molecule has 7 nitrogen and oxygen atoms in total. The molecule has 3 aromatic rings. The predicted molar refractivity (Wildman–Crippen MR) is 85.7 cm³/mol. The van der Waals surface area contributed by atoms with E-state index in [4.69, 9.17) is 0 Å². The van der Waals surface area contributed by atoms with E-state index in [9.17, 15) is 9.18 Å². The number of hydrogen-bond acceptors (Lipinski definition) is 4. The molecule has 0 aliphatic rings. The van der Waals surface area contributed by atoms with Crippen molar-refractivity contribution < 1.29 is 9.18 Å². The lowest BCUT2D eigenvalue weighted by atomic mass is 10.2. The van der Waals surface area contributed by atoms with Gasteiger partial charge in [0.15, 0.2) is 0 Å². The molecule has 2 heterocycles. The van der Waals surface area contributed by atoms with E-state index >= 15 is 0 Å². The summed E-state index contributed by atoms with van der Waals surface area (Å²) in [7, 11) is 0. The fourth-order valence-corrected chi connectivity index (χ4v) is 2.24. The molecule has 1 amide bonds. The zero-order valence-corrected chi connectivity index (χ0v) is 13.2. The molecule has 0 spiro atoms. The topological polar surface area (TPSA) is 77.6 Å². The molecule has 2 aromatic heterocycles. The maximum atomic E-state index is 13.2. The van der Waals surface area contributed by atoms with E-state index in [1.807, 2.05) is 19.2 Å². The Kier molecular flexibility index (Phi) is 4.64. The minimum atomic E-state index is -0.296. The average molecular weight is 328 g/mol. The van der Waals surface area contributed by atoms with Crippen LogP contribution in [-0.4, -0.2) is 30.5 Å². The van der Waals surface area contributed by atoms with Gasteiger partial charge in [0, 0.05) is 19.2 Å². The molecular weight excluding hydrogens is 311 g/mol. The van der Waals surface area contributed by atoms with Crippen LogP contribution in [0.4, 0.5) is 10.3 Å². The SMILES string of the molecule is Cc1ccn(CCC(=O)Nc2ncn(Cc3cccc(F)c3)n2)n1. The highest BCUT2D eigenvalue weighted by molar-refractivity contribution is 5.88. The van der Waals surface area contributed by atoms with E-state index in [2.05, 4.69) is 20.5 Å². The zero-order valence-electron chi connectivity index (χ0n) is 13.2. The van der Waals surface area contributed by atoms with Gasteiger partial charge in [-0.25, -0.2) is 14.1 Å². The number of carbonyl (C=O) groups is 1. The first kappa shape index (κ1) is 15.9. The highest BCUT2D eigenvalue weighted by Crippen LogP contribution is 2.06. The van der Waals surface area contributed by atoms with Gasteiger partial charge in [0.2, 0.25) is 11.9 Å². The summed E-state index contributed by atoms with van der Waals surface area (Å²) in [6, 6.07) is 8.15. The summed E-state index contributed by atoms with van der Waals surface area (Å²) in [5.41, 5.74) is 1.68. The third-order valence-electron chi connectivity index (χ3n) is 3.36. The number of halogens is 1. The Labute approximate surface area is 138 Å². The molecule has 24 heavy (non-hydrogen) atoms. The predicted octanol–water partition coefficient (Wildman–Crippen LogP) is 2.00. The van der Waals surface area contributed by atoms with Crippen molar-refractivity contribution in [1.82, 2.24) is 24.5 Å². The Hall–Kier alpha value is -3.03. The number of nitrogens with one attached hydrogen (secondary N) is 1.